The first-order chi connectivity index (χ1) is 12.6. The van der Waals surface area contributed by atoms with E-state index >= 15 is 0 Å². The van der Waals surface area contributed by atoms with Gasteiger partial charge in [0.1, 0.15) is 0 Å². The maximum Gasteiger partial charge on any atom is 0.247 e. The fourth-order valence-corrected chi connectivity index (χ4v) is 4.23. The summed E-state index contributed by atoms with van der Waals surface area (Å²) in [5.41, 5.74) is 2.07. The highest BCUT2D eigenvalue weighted by Crippen LogP contribution is 2.38. The fourth-order valence-electron chi connectivity index (χ4n) is 3.27. The Balaban J connectivity index is 1.81. The largest absolute Gasteiger partial charge is 0.493 e. The molecule has 1 aliphatic rings. The van der Waals surface area contributed by atoms with Crippen LogP contribution in [0.4, 0.5) is 0 Å². The molecule has 0 saturated carbocycles. The molecule has 0 saturated heterocycles. The van der Waals surface area contributed by atoms with Crippen LogP contribution in [0.25, 0.3) is 6.08 Å². The summed E-state index contributed by atoms with van der Waals surface area (Å²) >= 11 is 1.77. The fraction of sp³-hybridized carbons (Fsp3) is 0.350. The number of nitrogens with zero attached hydrogens (tertiary/aromatic N) is 1. The number of carbonyl (C=O) groups excluding carboxylic acids is 1. The minimum Gasteiger partial charge on any atom is -0.493 e. The molecule has 1 amide bonds. The van der Waals surface area contributed by atoms with Gasteiger partial charge in [0, 0.05) is 17.5 Å². The number of thiophene rings is 1. The van der Waals surface area contributed by atoms with E-state index < -0.39 is 0 Å². The van der Waals surface area contributed by atoms with Crippen LogP contribution < -0.4 is 14.2 Å². The molecule has 1 aromatic heterocycles. The molecule has 1 unspecified atom stereocenters. The zero-order chi connectivity index (χ0) is 18.7. The first-order valence-corrected chi connectivity index (χ1v) is 9.32. The Kier molecular flexibility index (Phi) is 5.52. The number of benzene rings is 1. The van der Waals surface area contributed by atoms with Crippen molar-refractivity contribution in [2.45, 2.75) is 19.4 Å². The molecule has 0 N–H and O–H groups in total. The summed E-state index contributed by atoms with van der Waals surface area (Å²) in [6, 6.07) is 5.86. The van der Waals surface area contributed by atoms with Gasteiger partial charge in [0.05, 0.1) is 27.4 Å². The Labute approximate surface area is 157 Å². The highest BCUT2D eigenvalue weighted by atomic mass is 32.1. The summed E-state index contributed by atoms with van der Waals surface area (Å²) in [6.07, 6.45) is 4.30. The predicted octanol–water partition coefficient (Wildman–Crippen LogP) is 3.93. The van der Waals surface area contributed by atoms with Gasteiger partial charge in [0.2, 0.25) is 11.7 Å². The molecule has 6 heteroatoms. The van der Waals surface area contributed by atoms with Gasteiger partial charge >= 0.3 is 0 Å². The molecule has 26 heavy (non-hydrogen) atoms. The Hall–Kier alpha value is -2.47. The van der Waals surface area contributed by atoms with E-state index in [1.54, 1.807) is 44.8 Å². The second-order valence-electron chi connectivity index (χ2n) is 6.05. The van der Waals surface area contributed by atoms with Gasteiger partial charge in [-0.2, -0.15) is 0 Å². The molecule has 2 aromatic rings. The van der Waals surface area contributed by atoms with Crippen molar-refractivity contribution >= 4 is 23.3 Å². The van der Waals surface area contributed by atoms with Crippen LogP contribution in [0.15, 0.2) is 29.7 Å². The molecule has 1 aromatic carbocycles. The lowest BCUT2D eigenvalue weighted by Crippen LogP contribution is -2.37. The first kappa shape index (κ1) is 18.3. The number of methoxy groups -OCH3 is 3. The maximum absolute atomic E-state index is 12.7. The van der Waals surface area contributed by atoms with Crippen LogP contribution in [0.2, 0.25) is 0 Å². The Morgan fingerprint density at radius 1 is 1.19 bits per heavy atom. The number of hydrogen-bond acceptors (Lipinski definition) is 5. The van der Waals surface area contributed by atoms with Gasteiger partial charge in [0.15, 0.2) is 11.5 Å². The van der Waals surface area contributed by atoms with Crippen LogP contribution in [0.5, 0.6) is 17.2 Å². The second kappa shape index (κ2) is 7.83. The molecule has 1 atom stereocenters. The average Bonchev–Trinajstić information content (AvgIpc) is 3.15. The quantitative estimate of drug-likeness (QED) is 0.745. The monoisotopic (exact) mass is 373 g/mol. The molecular weight excluding hydrogens is 350 g/mol. The van der Waals surface area contributed by atoms with Crippen molar-refractivity contribution in [3.05, 3.63) is 45.7 Å². The molecule has 5 nitrogen and oxygen atoms in total. The molecule has 0 spiro atoms. The number of amides is 1. The molecule has 0 aliphatic carbocycles. The lowest BCUT2D eigenvalue weighted by Gasteiger charge is -2.32. The summed E-state index contributed by atoms with van der Waals surface area (Å²) < 4.78 is 16.0. The van der Waals surface area contributed by atoms with Crippen LogP contribution in [-0.4, -0.2) is 38.7 Å². The van der Waals surface area contributed by atoms with Crippen molar-refractivity contribution in [3.63, 3.8) is 0 Å². The molecule has 138 valence electrons. The third-order valence-electron chi connectivity index (χ3n) is 4.67. The highest BCUT2D eigenvalue weighted by molar-refractivity contribution is 7.10. The Morgan fingerprint density at radius 2 is 1.88 bits per heavy atom. The van der Waals surface area contributed by atoms with Gasteiger partial charge in [-0.3, -0.25) is 4.79 Å². The topological polar surface area (TPSA) is 48.0 Å². The molecule has 0 bridgehead atoms. The summed E-state index contributed by atoms with van der Waals surface area (Å²) in [5.74, 6) is 1.66. The third-order valence-corrected chi connectivity index (χ3v) is 5.66. The van der Waals surface area contributed by atoms with E-state index in [2.05, 4.69) is 18.4 Å². The zero-order valence-corrected chi connectivity index (χ0v) is 16.3. The molecule has 0 radical (unpaired) electrons. The average molecular weight is 373 g/mol. The summed E-state index contributed by atoms with van der Waals surface area (Å²) in [7, 11) is 4.71. The van der Waals surface area contributed by atoms with Crippen molar-refractivity contribution < 1.29 is 19.0 Å². The smallest absolute Gasteiger partial charge is 0.247 e. The number of carbonyl (C=O) groups is 1. The minimum absolute atomic E-state index is 0.00287. The molecular formula is C20H23NO4S. The summed E-state index contributed by atoms with van der Waals surface area (Å²) in [5, 5.41) is 2.10. The normalized spacial score (nSPS) is 16.5. The third kappa shape index (κ3) is 3.42. The molecule has 2 heterocycles. The summed E-state index contributed by atoms with van der Waals surface area (Å²) in [6.45, 7) is 2.82. The van der Waals surface area contributed by atoms with Crippen molar-refractivity contribution in [1.29, 1.82) is 0 Å². The van der Waals surface area contributed by atoms with E-state index in [4.69, 9.17) is 14.2 Å². The van der Waals surface area contributed by atoms with Crippen LogP contribution in [0.1, 0.15) is 29.0 Å². The standard InChI is InChI=1S/C20H23NO4S/c1-13-15-8-10-26-18(15)7-9-21(13)19(22)6-5-14-11-16(23-2)20(25-4)17(12-14)24-3/h5-6,8,10-13H,7,9H2,1-4H3/b6-5+. The predicted molar refractivity (Wildman–Crippen MR) is 103 cm³/mol. The van der Waals surface area contributed by atoms with Crippen LogP contribution in [0, 0.1) is 0 Å². The first-order valence-electron chi connectivity index (χ1n) is 8.44. The van der Waals surface area contributed by atoms with E-state index in [0.29, 0.717) is 17.2 Å². The number of rotatable bonds is 5. The Morgan fingerprint density at radius 3 is 2.50 bits per heavy atom. The number of fused-ring (bicyclic) bond motifs is 1. The number of hydrogen-bond donors (Lipinski definition) is 0. The van der Waals surface area contributed by atoms with Crippen molar-refractivity contribution in [3.8, 4) is 17.2 Å². The van der Waals surface area contributed by atoms with E-state index in [1.807, 2.05) is 17.0 Å². The lowest BCUT2D eigenvalue weighted by atomic mass is 10.0. The Bertz CT molecular complexity index is 802. The van der Waals surface area contributed by atoms with E-state index in [0.717, 1.165) is 18.5 Å². The SMILES string of the molecule is COc1cc(/C=C/C(=O)N2CCc3sccc3C2C)cc(OC)c1OC. The van der Waals surface area contributed by atoms with E-state index in [-0.39, 0.29) is 11.9 Å². The van der Waals surface area contributed by atoms with Gasteiger partial charge in [-0.1, -0.05) is 0 Å². The molecule has 3 rings (SSSR count). The van der Waals surface area contributed by atoms with Gasteiger partial charge in [0.25, 0.3) is 0 Å². The minimum atomic E-state index is 0.00287. The van der Waals surface area contributed by atoms with Gasteiger partial charge in [-0.25, -0.2) is 0 Å². The van der Waals surface area contributed by atoms with Crippen LogP contribution in [0.3, 0.4) is 0 Å². The molecule has 0 fully saturated rings. The van der Waals surface area contributed by atoms with Gasteiger partial charge < -0.3 is 19.1 Å². The van der Waals surface area contributed by atoms with Crippen molar-refractivity contribution in [2.24, 2.45) is 0 Å². The second-order valence-corrected chi connectivity index (χ2v) is 7.05. The summed E-state index contributed by atoms with van der Waals surface area (Å²) in [4.78, 5) is 16.0. The van der Waals surface area contributed by atoms with E-state index in [9.17, 15) is 4.79 Å². The van der Waals surface area contributed by atoms with E-state index in [1.165, 1.54) is 10.4 Å². The lowest BCUT2D eigenvalue weighted by molar-refractivity contribution is -0.128. The highest BCUT2D eigenvalue weighted by Gasteiger charge is 2.27. The van der Waals surface area contributed by atoms with Crippen LogP contribution >= 0.6 is 11.3 Å². The number of ether oxygens (including phenoxy) is 3. The zero-order valence-electron chi connectivity index (χ0n) is 15.4. The van der Waals surface area contributed by atoms with Crippen LogP contribution in [-0.2, 0) is 11.2 Å². The van der Waals surface area contributed by atoms with Crippen molar-refractivity contribution in [1.82, 2.24) is 4.90 Å². The van der Waals surface area contributed by atoms with Gasteiger partial charge in [-0.15, -0.1) is 11.3 Å². The van der Waals surface area contributed by atoms with Gasteiger partial charge in [-0.05, 0) is 54.1 Å². The maximum atomic E-state index is 12.7. The molecule has 1 aliphatic heterocycles. The van der Waals surface area contributed by atoms with Crippen molar-refractivity contribution in [2.75, 3.05) is 27.9 Å².